The van der Waals surface area contributed by atoms with Gasteiger partial charge in [-0.1, -0.05) is 36.4 Å². The molecule has 24 heavy (non-hydrogen) atoms. The third-order valence-corrected chi connectivity index (χ3v) is 4.08. The molecule has 0 atom stereocenters. The number of pyridine rings is 1. The van der Waals surface area contributed by atoms with E-state index in [4.69, 9.17) is 0 Å². The average Bonchev–Trinajstić information content (AvgIpc) is 2.57. The van der Waals surface area contributed by atoms with Gasteiger partial charge in [0.1, 0.15) is 0 Å². The van der Waals surface area contributed by atoms with Crippen LogP contribution < -0.4 is 0 Å². The fourth-order valence-corrected chi connectivity index (χ4v) is 2.59. The maximum absolute atomic E-state index is 13.4. The molecule has 1 heterocycles. The Morgan fingerprint density at radius 2 is 1.50 bits per heavy atom. The third-order valence-electron chi connectivity index (χ3n) is 4.08. The number of aryl methyl sites for hydroxylation is 2. The standard InChI is InChI=1S/C20H16F3N/c1-13-10-19(24-12-14(13)2)16-8-9-18(20(21,22)23)17(11-16)15-6-4-3-5-7-15/h3-12H,1-2H3. The van der Waals surface area contributed by atoms with Crippen molar-refractivity contribution in [1.29, 1.82) is 0 Å². The molecule has 122 valence electrons. The highest BCUT2D eigenvalue weighted by atomic mass is 19.4. The molecule has 0 saturated carbocycles. The zero-order valence-corrected chi connectivity index (χ0v) is 13.4. The monoisotopic (exact) mass is 327 g/mol. The molecule has 0 bridgehead atoms. The average molecular weight is 327 g/mol. The Bertz CT molecular complexity index is 868. The van der Waals surface area contributed by atoms with Gasteiger partial charge in [-0.05, 0) is 54.3 Å². The Morgan fingerprint density at radius 1 is 0.792 bits per heavy atom. The normalized spacial score (nSPS) is 11.5. The van der Waals surface area contributed by atoms with E-state index in [2.05, 4.69) is 4.98 Å². The van der Waals surface area contributed by atoms with Gasteiger partial charge in [0, 0.05) is 11.8 Å². The summed E-state index contributed by atoms with van der Waals surface area (Å²) in [5.41, 5.74) is 3.52. The minimum absolute atomic E-state index is 0.167. The lowest BCUT2D eigenvalue weighted by atomic mass is 9.95. The predicted molar refractivity (Wildman–Crippen MR) is 89.6 cm³/mol. The van der Waals surface area contributed by atoms with Crippen LogP contribution in [0.2, 0.25) is 0 Å². The van der Waals surface area contributed by atoms with E-state index >= 15 is 0 Å². The highest BCUT2D eigenvalue weighted by Gasteiger charge is 2.33. The Hall–Kier alpha value is -2.62. The lowest BCUT2D eigenvalue weighted by Gasteiger charge is -2.15. The van der Waals surface area contributed by atoms with Crippen molar-refractivity contribution in [2.75, 3.05) is 0 Å². The third kappa shape index (κ3) is 3.18. The summed E-state index contributed by atoms with van der Waals surface area (Å²) in [6.45, 7) is 3.91. The van der Waals surface area contributed by atoms with Crippen LogP contribution in [0, 0.1) is 13.8 Å². The van der Waals surface area contributed by atoms with Gasteiger partial charge in [-0.15, -0.1) is 0 Å². The number of rotatable bonds is 2. The van der Waals surface area contributed by atoms with Gasteiger partial charge in [-0.25, -0.2) is 0 Å². The summed E-state index contributed by atoms with van der Waals surface area (Å²) in [4.78, 5) is 4.35. The number of benzene rings is 2. The largest absolute Gasteiger partial charge is 0.417 e. The zero-order chi connectivity index (χ0) is 17.3. The number of hydrogen-bond acceptors (Lipinski definition) is 1. The molecule has 0 aliphatic rings. The summed E-state index contributed by atoms with van der Waals surface area (Å²) in [5.74, 6) is 0. The van der Waals surface area contributed by atoms with Crippen LogP contribution in [0.5, 0.6) is 0 Å². The van der Waals surface area contributed by atoms with E-state index in [0.717, 1.165) is 17.2 Å². The molecule has 0 aliphatic carbocycles. The second-order valence-corrected chi connectivity index (χ2v) is 5.78. The molecule has 0 unspecified atom stereocenters. The van der Waals surface area contributed by atoms with E-state index in [0.29, 0.717) is 16.8 Å². The number of alkyl halides is 3. The molecular formula is C20H16F3N. The van der Waals surface area contributed by atoms with Crippen LogP contribution in [0.25, 0.3) is 22.4 Å². The predicted octanol–water partition coefficient (Wildman–Crippen LogP) is 6.05. The minimum atomic E-state index is -4.40. The molecule has 0 aliphatic heterocycles. The van der Waals surface area contributed by atoms with Crippen molar-refractivity contribution in [3.05, 3.63) is 77.5 Å². The van der Waals surface area contributed by atoms with Gasteiger partial charge >= 0.3 is 6.18 Å². The quantitative estimate of drug-likeness (QED) is 0.558. The Morgan fingerprint density at radius 3 is 2.12 bits per heavy atom. The zero-order valence-electron chi connectivity index (χ0n) is 13.4. The highest BCUT2D eigenvalue weighted by Crippen LogP contribution is 2.39. The molecule has 1 aromatic heterocycles. The van der Waals surface area contributed by atoms with Gasteiger partial charge in [-0.2, -0.15) is 13.2 Å². The van der Waals surface area contributed by atoms with E-state index in [1.54, 1.807) is 42.6 Å². The van der Waals surface area contributed by atoms with E-state index in [1.165, 1.54) is 6.07 Å². The first kappa shape index (κ1) is 16.2. The summed E-state index contributed by atoms with van der Waals surface area (Å²) in [6.07, 6.45) is -2.66. The molecule has 0 fully saturated rings. The number of hydrogen-bond donors (Lipinski definition) is 0. The minimum Gasteiger partial charge on any atom is -0.256 e. The van der Waals surface area contributed by atoms with Crippen LogP contribution in [-0.4, -0.2) is 4.98 Å². The van der Waals surface area contributed by atoms with Gasteiger partial charge in [0.2, 0.25) is 0 Å². The van der Waals surface area contributed by atoms with Crippen LogP contribution in [0.4, 0.5) is 13.2 Å². The molecule has 0 N–H and O–H groups in total. The summed E-state index contributed by atoms with van der Waals surface area (Å²) in [6, 6.07) is 14.7. The van der Waals surface area contributed by atoms with Crippen LogP contribution in [-0.2, 0) is 6.18 Å². The van der Waals surface area contributed by atoms with Crippen LogP contribution >= 0.6 is 0 Å². The van der Waals surface area contributed by atoms with Crippen molar-refractivity contribution >= 4 is 0 Å². The fourth-order valence-electron chi connectivity index (χ4n) is 2.59. The maximum Gasteiger partial charge on any atom is 0.417 e. The molecule has 0 amide bonds. The lowest BCUT2D eigenvalue weighted by molar-refractivity contribution is -0.137. The van der Waals surface area contributed by atoms with Crippen molar-refractivity contribution in [3.63, 3.8) is 0 Å². The number of aromatic nitrogens is 1. The highest BCUT2D eigenvalue weighted by molar-refractivity contribution is 5.75. The first-order valence-corrected chi connectivity index (χ1v) is 7.56. The molecule has 3 rings (SSSR count). The van der Waals surface area contributed by atoms with Crippen molar-refractivity contribution in [1.82, 2.24) is 4.98 Å². The molecular weight excluding hydrogens is 311 g/mol. The fraction of sp³-hybridized carbons (Fsp3) is 0.150. The first-order chi connectivity index (χ1) is 11.4. The molecule has 0 radical (unpaired) electrons. The van der Waals surface area contributed by atoms with E-state index in [-0.39, 0.29) is 5.56 Å². The number of halogens is 3. The van der Waals surface area contributed by atoms with E-state index in [1.807, 2.05) is 19.9 Å². The van der Waals surface area contributed by atoms with Crippen molar-refractivity contribution in [2.24, 2.45) is 0 Å². The summed E-state index contributed by atoms with van der Waals surface area (Å²) >= 11 is 0. The maximum atomic E-state index is 13.4. The molecule has 3 aromatic rings. The molecule has 0 spiro atoms. The van der Waals surface area contributed by atoms with E-state index in [9.17, 15) is 13.2 Å². The second kappa shape index (κ2) is 6.11. The van der Waals surface area contributed by atoms with Crippen LogP contribution in [0.15, 0.2) is 60.8 Å². The van der Waals surface area contributed by atoms with Gasteiger partial charge in [0.15, 0.2) is 0 Å². The van der Waals surface area contributed by atoms with Gasteiger partial charge in [-0.3, -0.25) is 4.98 Å². The van der Waals surface area contributed by atoms with Gasteiger partial charge < -0.3 is 0 Å². The molecule has 2 aromatic carbocycles. The summed E-state index contributed by atoms with van der Waals surface area (Å²) in [7, 11) is 0. The Labute approximate surface area is 138 Å². The smallest absolute Gasteiger partial charge is 0.256 e. The molecule has 4 heteroatoms. The first-order valence-electron chi connectivity index (χ1n) is 7.56. The van der Waals surface area contributed by atoms with Gasteiger partial charge in [0.25, 0.3) is 0 Å². The van der Waals surface area contributed by atoms with Gasteiger partial charge in [0.05, 0.1) is 11.3 Å². The van der Waals surface area contributed by atoms with Crippen molar-refractivity contribution < 1.29 is 13.2 Å². The lowest BCUT2D eigenvalue weighted by Crippen LogP contribution is -2.07. The SMILES string of the molecule is Cc1cnc(-c2ccc(C(F)(F)F)c(-c3ccccc3)c2)cc1C. The molecule has 0 saturated heterocycles. The molecule has 1 nitrogen and oxygen atoms in total. The Balaban J connectivity index is 2.19. The Kier molecular flexibility index (Phi) is 4.14. The van der Waals surface area contributed by atoms with Crippen LogP contribution in [0.3, 0.4) is 0 Å². The van der Waals surface area contributed by atoms with Crippen LogP contribution in [0.1, 0.15) is 16.7 Å². The van der Waals surface area contributed by atoms with E-state index < -0.39 is 11.7 Å². The topological polar surface area (TPSA) is 12.9 Å². The number of nitrogens with zero attached hydrogens (tertiary/aromatic N) is 1. The van der Waals surface area contributed by atoms with Crippen molar-refractivity contribution in [2.45, 2.75) is 20.0 Å². The summed E-state index contributed by atoms with van der Waals surface area (Å²) < 4.78 is 40.1. The second-order valence-electron chi connectivity index (χ2n) is 5.78. The van der Waals surface area contributed by atoms with Crippen molar-refractivity contribution in [3.8, 4) is 22.4 Å². The summed E-state index contributed by atoms with van der Waals surface area (Å²) in [5, 5.41) is 0.